The zero-order valence-corrected chi connectivity index (χ0v) is 13.8. The minimum absolute atomic E-state index is 0.0383. The lowest BCUT2D eigenvalue weighted by Gasteiger charge is -2.36. The number of amides is 2. The summed E-state index contributed by atoms with van der Waals surface area (Å²) in [4.78, 5) is 20.1. The van der Waals surface area contributed by atoms with E-state index in [0.29, 0.717) is 0 Å². The fourth-order valence-electron chi connectivity index (χ4n) is 3.13. The van der Waals surface area contributed by atoms with Crippen molar-refractivity contribution in [3.05, 3.63) is 40.6 Å². The van der Waals surface area contributed by atoms with Crippen molar-refractivity contribution in [1.82, 2.24) is 19.8 Å². The minimum Gasteiger partial charge on any atom is -0.335 e. The third-order valence-corrected chi connectivity index (χ3v) is 5.15. The van der Waals surface area contributed by atoms with Gasteiger partial charge in [-0.25, -0.2) is 9.78 Å². The lowest BCUT2D eigenvalue weighted by molar-refractivity contribution is 0.164. The van der Waals surface area contributed by atoms with E-state index in [4.69, 9.17) is 0 Å². The van der Waals surface area contributed by atoms with Crippen LogP contribution >= 0.6 is 11.3 Å². The number of fused-ring (bicyclic) bond motifs is 1. The number of hydrogen-bond acceptors (Lipinski definition) is 3. The van der Waals surface area contributed by atoms with E-state index >= 15 is 0 Å². The highest BCUT2D eigenvalue weighted by atomic mass is 32.1. The third kappa shape index (κ3) is 3.02. The summed E-state index contributed by atoms with van der Waals surface area (Å²) in [5, 5.41) is 5.25. The van der Waals surface area contributed by atoms with E-state index < -0.39 is 0 Å². The van der Waals surface area contributed by atoms with Crippen molar-refractivity contribution >= 4 is 17.4 Å². The van der Waals surface area contributed by atoms with Crippen LogP contribution in [0.2, 0.25) is 0 Å². The number of nitrogens with zero attached hydrogens (tertiary/aromatic N) is 3. The second-order valence-electron chi connectivity index (χ2n) is 5.78. The van der Waals surface area contributed by atoms with Crippen LogP contribution < -0.4 is 5.32 Å². The maximum absolute atomic E-state index is 12.6. The summed E-state index contributed by atoms with van der Waals surface area (Å²) in [6, 6.07) is 2.48. The van der Waals surface area contributed by atoms with Gasteiger partial charge in [0.2, 0.25) is 0 Å². The molecule has 0 radical (unpaired) electrons. The molecule has 0 fully saturated rings. The number of rotatable bonds is 4. The summed E-state index contributed by atoms with van der Waals surface area (Å²) in [5.41, 5.74) is 1.33. The van der Waals surface area contributed by atoms with Gasteiger partial charge in [0.25, 0.3) is 0 Å². The first-order valence-electron chi connectivity index (χ1n) is 7.78. The zero-order chi connectivity index (χ0) is 15.5. The van der Waals surface area contributed by atoms with Gasteiger partial charge in [0.05, 0.1) is 12.4 Å². The van der Waals surface area contributed by atoms with Gasteiger partial charge in [-0.1, -0.05) is 6.92 Å². The maximum Gasteiger partial charge on any atom is 0.318 e. The molecule has 2 aromatic rings. The van der Waals surface area contributed by atoms with E-state index in [1.165, 1.54) is 10.4 Å². The Hall–Kier alpha value is -1.82. The summed E-state index contributed by atoms with van der Waals surface area (Å²) < 4.78 is 1.98. The summed E-state index contributed by atoms with van der Waals surface area (Å²) in [6.45, 7) is 5.71. The molecule has 1 aliphatic rings. The Bertz CT molecular complexity index is 622. The molecule has 0 aliphatic carbocycles. The van der Waals surface area contributed by atoms with Crippen LogP contribution in [-0.2, 0) is 13.0 Å². The molecular weight excluding hydrogens is 296 g/mol. The molecule has 2 atom stereocenters. The highest BCUT2D eigenvalue weighted by Crippen LogP contribution is 2.35. The number of nitrogens with one attached hydrogen (secondary N) is 1. The second kappa shape index (κ2) is 6.52. The summed E-state index contributed by atoms with van der Waals surface area (Å²) >= 11 is 1.81. The van der Waals surface area contributed by atoms with Crippen molar-refractivity contribution in [1.29, 1.82) is 0 Å². The average molecular weight is 318 g/mol. The van der Waals surface area contributed by atoms with Crippen LogP contribution in [0.25, 0.3) is 0 Å². The third-order valence-electron chi connectivity index (χ3n) is 4.16. The Kier molecular flexibility index (Phi) is 4.47. The molecule has 0 aromatic carbocycles. The minimum atomic E-state index is 0.0383. The Morgan fingerprint density at radius 2 is 2.45 bits per heavy atom. The van der Waals surface area contributed by atoms with Crippen molar-refractivity contribution in [3.8, 4) is 0 Å². The molecule has 0 unspecified atom stereocenters. The first-order chi connectivity index (χ1) is 10.7. The fourth-order valence-corrected chi connectivity index (χ4v) is 4.06. The first-order valence-corrected chi connectivity index (χ1v) is 8.66. The number of aromatic nitrogens is 2. The molecule has 118 valence electrons. The van der Waals surface area contributed by atoms with Gasteiger partial charge in [-0.3, -0.25) is 0 Å². The van der Waals surface area contributed by atoms with Gasteiger partial charge in [-0.15, -0.1) is 11.3 Å². The topological polar surface area (TPSA) is 50.2 Å². The molecular formula is C16H22N4OS. The van der Waals surface area contributed by atoms with E-state index in [-0.39, 0.29) is 18.1 Å². The normalized spacial score (nSPS) is 18.8. The van der Waals surface area contributed by atoms with Gasteiger partial charge in [-0.05, 0) is 36.8 Å². The number of carbonyl (C=O) groups is 1. The molecule has 22 heavy (non-hydrogen) atoms. The molecule has 3 rings (SSSR count). The van der Waals surface area contributed by atoms with E-state index in [0.717, 1.165) is 25.9 Å². The van der Waals surface area contributed by atoms with Crippen LogP contribution in [-0.4, -0.2) is 33.1 Å². The van der Waals surface area contributed by atoms with Gasteiger partial charge in [0, 0.05) is 36.4 Å². The van der Waals surface area contributed by atoms with Crippen molar-refractivity contribution in [3.63, 3.8) is 0 Å². The monoisotopic (exact) mass is 318 g/mol. The van der Waals surface area contributed by atoms with Gasteiger partial charge in [0.15, 0.2) is 0 Å². The Morgan fingerprint density at radius 1 is 1.59 bits per heavy atom. The van der Waals surface area contributed by atoms with Crippen LogP contribution in [0.4, 0.5) is 4.79 Å². The smallest absolute Gasteiger partial charge is 0.318 e. The lowest BCUT2D eigenvalue weighted by Crippen LogP contribution is -2.48. The van der Waals surface area contributed by atoms with Crippen LogP contribution in [0.3, 0.4) is 0 Å². The van der Waals surface area contributed by atoms with Crippen molar-refractivity contribution in [2.45, 2.75) is 45.3 Å². The molecule has 0 spiro atoms. The Labute approximate surface area is 135 Å². The van der Waals surface area contributed by atoms with E-state index in [2.05, 4.69) is 28.7 Å². The number of urea groups is 1. The predicted molar refractivity (Wildman–Crippen MR) is 88.0 cm³/mol. The molecule has 1 N–H and O–H groups in total. The zero-order valence-electron chi connectivity index (χ0n) is 13.0. The van der Waals surface area contributed by atoms with Crippen molar-refractivity contribution in [2.75, 3.05) is 6.54 Å². The molecule has 0 saturated heterocycles. The molecule has 0 bridgehead atoms. The molecule has 5 nitrogen and oxygen atoms in total. The molecule has 6 heteroatoms. The highest BCUT2D eigenvalue weighted by molar-refractivity contribution is 7.10. The van der Waals surface area contributed by atoms with E-state index in [1.807, 2.05) is 22.6 Å². The Morgan fingerprint density at radius 3 is 3.18 bits per heavy atom. The maximum atomic E-state index is 12.6. The van der Waals surface area contributed by atoms with Gasteiger partial charge in [0.1, 0.15) is 0 Å². The van der Waals surface area contributed by atoms with Crippen molar-refractivity contribution < 1.29 is 4.79 Å². The molecule has 1 aliphatic heterocycles. The molecule has 0 saturated carbocycles. The SMILES string of the molecule is CC[C@H]1c2ccsc2CCN1C(=O)N[C@H](C)Cn1ccnc1. The predicted octanol–water partition coefficient (Wildman–Crippen LogP) is 3.05. The standard InChI is InChI=1S/C16H22N4OS/c1-3-14-13-5-9-22-15(13)4-7-20(14)16(21)18-12(2)10-19-8-6-17-11-19/h5-6,8-9,11-12,14H,3-4,7,10H2,1-2H3,(H,18,21)/t12-,14+/m1/s1. The number of thiophene rings is 1. The van der Waals surface area contributed by atoms with Gasteiger partial charge >= 0.3 is 6.03 Å². The lowest BCUT2D eigenvalue weighted by atomic mass is 9.98. The van der Waals surface area contributed by atoms with E-state index in [9.17, 15) is 4.79 Å². The summed E-state index contributed by atoms with van der Waals surface area (Å²) in [5.74, 6) is 0. The molecule has 2 aromatic heterocycles. The fraction of sp³-hybridized carbons (Fsp3) is 0.500. The van der Waals surface area contributed by atoms with Gasteiger partial charge < -0.3 is 14.8 Å². The molecule has 3 heterocycles. The Balaban J connectivity index is 1.64. The van der Waals surface area contributed by atoms with Crippen LogP contribution in [0.15, 0.2) is 30.2 Å². The van der Waals surface area contributed by atoms with Crippen molar-refractivity contribution in [2.24, 2.45) is 0 Å². The van der Waals surface area contributed by atoms with E-state index in [1.54, 1.807) is 23.9 Å². The molecule has 2 amide bonds. The second-order valence-corrected chi connectivity index (χ2v) is 6.78. The largest absolute Gasteiger partial charge is 0.335 e. The average Bonchev–Trinajstić information content (AvgIpc) is 3.16. The number of hydrogen-bond donors (Lipinski definition) is 1. The quantitative estimate of drug-likeness (QED) is 0.942. The first kappa shape index (κ1) is 15.1. The summed E-state index contributed by atoms with van der Waals surface area (Å²) in [6.07, 6.45) is 7.36. The van der Waals surface area contributed by atoms with Crippen LogP contribution in [0.1, 0.15) is 36.8 Å². The number of carbonyl (C=O) groups excluding carboxylic acids is 1. The van der Waals surface area contributed by atoms with Crippen LogP contribution in [0, 0.1) is 0 Å². The summed E-state index contributed by atoms with van der Waals surface area (Å²) in [7, 11) is 0. The highest BCUT2D eigenvalue weighted by Gasteiger charge is 2.30. The van der Waals surface area contributed by atoms with Gasteiger partial charge in [-0.2, -0.15) is 0 Å². The van der Waals surface area contributed by atoms with Crippen LogP contribution in [0.5, 0.6) is 0 Å². The number of imidazole rings is 1.